The van der Waals surface area contributed by atoms with Crippen LogP contribution in [-0.4, -0.2) is 24.9 Å². The molecule has 1 aliphatic heterocycles. The van der Waals surface area contributed by atoms with Crippen LogP contribution < -0.4 is 10.2 Å². The maximum Gasteiger partial charge on any atom is 0.496 e. The molecule has 0 unspecified atom stereocenters. The molecular weight excluding hydrogens is 310 g/mol. The first kappa shape index (κ1) is 18.6. The zero-order valence-corrected chi connectivity index (χ0v) is 16.3. The van der Waals surface area contributed by atoms with Gasteiger partial charge in [0.25, 0.3) is 0 Å². The third kappa shape index (κ3) is 3.54. The van der Waals surface area contributed by atoms with Crippen LogP contribution in [0.5, 0.6) is 5.75 Å². The Morgan fingerprint density at radius 2 is 1.61 bits per heavy atom. The third-order valence-corrected chi connectivity index (χ3v) is 5.14. The van der Waals surface area contributed by atoms with E-state index in [1.807, 2.05) is 40.7 Å². The first-order chi connectivity index (χ1) is 10.4. The van der Waals surface area contributed by atoms with Crippen molar-refractivity contribution in [1.82, 2.24) is 0 Å². The quantitative estimate of drug-likeness (QED) is 0.768. The molecule has 1 heterocycles. The molecule has 1 fully saturated rings. The molecule has 1 aromatic rings. The number of ether oxygens (including phenoxy) is 1. The monoisotopic (exact) mass is 338 g/mol. The van der Waals surface area contributed by atoms with Crippen LogP contribution in [0, 0.1) is 0 Å². The molecule has 0 saturated carbocycles. The molecule has 0 spiro atoms. The lowest BCUT2D eigenvalue weighted by molar-refractivity contribution is 0.00578. The van der Waals surface area contributed by atoms with Crippen molar-refractivity contribution in [2.24, 2.45) is 0 Å². The second-order valence-corrected chi connectivity index (χ2v) is 8.53. The summed E-state index contributed by atoms with van der Waals surface area (Å²) in [7, 11) is -0.492. The van der Waals surface area contributed by atoms with Crippen molar-refractivity contribution in [3.63, 3.8) is 0 Å². The van der Waals surface area contributed by atoms with E-state index in [2.05, 4.69) is 26.8 Å². The van der Waals surface area contributed by atoms with Crippen molar-refractivity contribution >= 4 is 24.2 Å². The molecule has 5 heteroatoms. The van der Waals surface area contributed by atoms with Gasteiger partial charge in [-0.2, -0.15) is 0 Å². The second kappa shape index (κ2) is 5.98. The minimum absolute atomic E-state index is 0.0190. The molecule has 23 heavy (non-hydrogen) atoms. The van der Waals surface area contributed by atoms with Crippen LogP contribution in [0.1, 0.15) is 61.0 Å². The fraction of sp³-hybridized carbons (Fsp3) is 0.667. The number of rotatable bonds is 3. The van der Waals surface area contributed by atoms with Crippen LogP contribution >= 0.6 is 11.6 Å². The van der Waals surface area contributed by atoms with E-state index in [0.29, 0.717) is 17.4 Å². The lowest BCUT2D eigenvalue weighted by Crippen LogP contribution is -2.41. The fourth-order valence-electron chi connectivity index (χ4n) is 2.45. The number of hydrogen-bond donors (Lipinski definition) is 0. The van der Waals surface area contributed by atoms with E-state index in [1.54, 1.807) is 0 Å². The highest BCUT2D eigenvalue weighted by Crippen LogP contribution is 2.38. The van der Waals surface area contributed by atoms with Gasteiger partial charge in [-0.1, -0.05) is 38.4 Å². The van der Waals surface area contributed by atoms with Crippen molar-refractivity contribution in [3.05, 3.63) is 22.7 Å². The normalized spacial score (nSPS) is 20.0. The van der Waals surface area contributed by atoms with E-state index in [9.17, 15) is 0 Å². The summed E-state index contributed by atoms with van der Waals surface area (Å²) in [6.07, 6.45) is 0. The molecule has 0 N–H and O–H groups in total. The van der Waals surface area contributed by atoms with Gasteiger partial charge >= 0.3 is 7.12 Å². The number of halogens is 1. The average molecular weight is 339 g/mol. The van der Waals surface area contributed by atoms with Gasteiger partial charge in [-0.05, 0) is 51.7 Å². The van der Waals surface area contributed by atoms with Gasteiger partial charge in [0.2, 0.25) is 0 Å². The Balaban J connectivity index is 2.52. The van der Waals surface area contributed by atoms with Gasteiger partial charge in [-0.15, -0.1) is 0 Å². The van der Waals surface area contributed by atoms with E-state index < -0.39 is 18.3 Å². The molecule has 1 aromatic carbocycles. The van der Waals surface area contributed by atoms with Crippen molar-refractivity contribution < 1.29 is 14.0 Å². The minimum Gasteiger partial charge on any atom is -0.492 e. The molecule has 0 radical (unpaired) electrons. The van der Waals surface area contributed by atoms with Gasteiger partial charge in [0.05, 0.1) is 22.8 Å². The molecule has 0 aromatic heterocycles. The third-order valence-electron chi connectivity index (χ3n) is 4.74. The molecule has 0 bridgehead atoms. The van der Waals surface area contributed by atoms with Gasteiger partial charge in [0.15, 0.2) is 0 Å². The Hall–Kier alpha value is -0.705. The van der Waals surface area contributed by atoms with Gasteiger partial charge < -0.3 is 14.0 Å². The molecule has 0 atom stereocenters. The van der Waals surface area contributed by atoms with E-state index in [0.717, 1.165) is 11.0 Å². The molecule has 3 nitrogen and oxygen atoms in total. The average Bonchev–Trinajstić information content (AvgIpc) is 2.59. The smallest absolute Gasteiger partial charge is 0.492 e. The standard InChI is InChI=1S/C18H28BClO3/c1-9-21-14-11-12(16(2,3)4)10-13(15(14)20)19-22-17(5,6)18(7,8)23-19/h10-11H,9H2,1-8H3. The number of hydrogen-bond acceptors (Lipinski definition) is 3. The van der Waals surface area contributed by atoms with Crippen molar-refractivity contribution in [3.8, 4) is 5.75 Å². The van der Waals surface area contributed by atoms with Gasteiger partial charge in [0, 0.05) is 5.46 Å². The summed E-state index contributed by atoms with van der Waals surface area (Å²) in [5.74, 6) is 0.686. The van der Waals surface area contributed by atoms with E-state index >= 15 is 0 Å². The van der Waals surface area contributed by atoms with Crippen molar-refractivity contribution in [1.29, 1.82) is 0 Å². The lowest BCUT2D eigenvalue weighted by Gasteiger charge is -2.32. The summed E-state index contributed by atoms with van der Waals surface area (Å²) in [6.45, 7) is 17.2. The van der Waals surface area contributed by atoms with Crippen LogP contribution in [0.15, 0.2) is 12.1 Å². The fourth-order valence-corrected chi connectivity index (χ4v) is 2.71. The van der Waals surface area contributed by atoms with Gasteiger partial charge in [0.1, 0.15) is 5.75 Å². The maximum atomic E-state index is 6.59. The molecule has 0 amide bonds. The Morgan fingerprint density at radius 1 is 1.09 bits per heavy atom. The molecule has 128 valence electrons. The molecule has 0 aliphatic carbocycles. The zero-order chi connectivity index (χ0) is 17.6. The SMILES string of the molecule is CCOc1cc(C(C)(C)C)cc(B2OC(C)(C)C(C)(C)O2)c1Cl. The Bertz CT molecular complexity index is 575. The van der Waals surface area contributed by atoms with Gasteiger partial charge in [-0.3, -0.25) is 0 Å². The molecule has 1 aliphatic rings. The first-order valence-corrected chi connectivity index (χ1v) is 8.59. The van der Waals surface area contributed by atoms with E-state index in [4.69, 9.17) is 25.6 Å². The van der Waals surface area contributed by atoms with Crippen molar-refractivity contribution in [2.45, 2.75) is 72.0 Å². The predicted octanol–water partition coefficient (Wildman–Crippen LogP) is 4.34. The van der Waals surface area contributed by atoms with Crippen LogP contribution in [-0.2, 0) is 14.7 Å². The Morgan fingerprint density at radius 3 is 2.04 bits per heavy atom. The minimum atomic E-state index is -0.492. The summed E-state index contributed by atoms with van der Waals surface area (Å²) in [5.41, 5.74) is 1.17. The van der Waals surface area contributed by atoms with Crippen LogP contribution in [0.3, 0.4) is 0 Å². The van der Waals surface area contributed by atoms with Crippen LogP contribution in [0.4, 0.5) is 0 Å². The zero-order valence-electron chi connectivity index (χ0n) is 15.5. The topological polar surface area (TPSA) is 27.7 Å². The summed E-state index contributed by atoms with van der Waals surface area (Å²) in [5, 5.41) is 0.568. The summed E-state index contributed by atoms with van der Waals surface area (Å²) in [6, 6.07) is 4.09. The highest BCUT2D eigenvalue weighted by molar-refractivity contribution is 6.66. The predicted molar refractivity (Wildman–Crippen MR) is 97.0 cm³/mol. The van der Waals surface area contributed by atoms with Gasteiger partial charge in [-0.25, -0.2) is 0 Å². The van der Waals surface area contributed by atoms with Crippen LogP contribution in [0.2, 0.25) is 5.02 Å². The summed E-state index contributed by atoms with van der Waals surface area (Å²) >= 11 is 6.59. The first-order valence-electron chi connectivity index (χ1n) is 8.21. The lowest BCUT2D eigenvalue weighted by atomic mass is 9.75. The molecule has 1 saturated heterocycles. The van der Waals surface area contributed by atoms with Crippen LogP contribution in [0.25, 0.3) is 0 Å². The second-order valence-electron chi connectivity index (χ2n) is 8.15. The van der Waals surface area contributed by atoms with E-state index in [-0.39, 0.29) is 5.41 Å². The highest BCUT2D eigenvalue weighted by atomic mass is 35.5. The summed E-state index contributed by atoms with van der Waals surface area (Å²) < 4.78 is 18.1. The Labute approximate surface area is 145 Å². The summed E-state index contributed by atoms with van der Waals surface area (Å²) in [4.78, 5) is 0. The molecular formula is C18H28BClO3. The Kier molecular flexibility index (Phi) is 4.84. The largest absolute Gasteiger partial charge is 0.496 e. The maximum absolute atomic E-state index is 6.59. The molecule has 2 rings (SSSR count). The number of benzene rings is 1. The van der Waals surface area contributed by atoms with Crippen molar-refractivity contribution in [2.75, 3.05) is 6.61 Å². The van der Waals surface area contributed by atoms with E-state index in [1.165, 1.54) is 0 Å². The highest BCUT2D eigenvalue weighted by Gasteiger charge is 2.52.